The third-order valence-electron chi connectivity index (χ3n) is 2.77. The van der Waals surface area contributed by atoms with Crippen LogP contribution in [-0.2, 0) is 6.18 Å². The van der Waals surface area contributed by atoms with E-state index in [-0.39, 0.29) is 0 Å². The summed E-state index contributed by atoms with van der Waals surface area (Å²) in [6.45, 7) is 0.756. The van der Waals surface area contributed by atoms with E-state index in [9.17, 15) is 13.2 Å². The largest absolute Gasteiger partial charge is 0.416 e. The average Bonchev–Trinajstić information content (AvgIpc) is 3.01. The molecule has 2 rings (SSSR count). The lowest BCUT2D eigenvalue weighted by Crippen LogP contribution is -2.07. The first-order valence-corrected chi connectivity index (χ1v) is 5.47. The van der Waals surface area contributed by atoms with Gasteiger partial charge in [-0.25, -0.2) is 0 Å². The van der Waals surface area contributed by atoms with Crippen LogP contribution >= 0.6 is 0 Å². The van der Waals surface area contributed by atoms with Crippen LogP contribution in [0.2, 0.25) is 0 Å². The second-order valence-corrected chi connectivity index (χ2v) is 4.24. The molecule has 1 aromatic rings. The Morgan fingerprint density at radius 3 is 2.62 bits per heavy atom. The number of nitrogens with one attached hydrogen (secondary N) is 1. The third kappa shape index (κ3) is 3.15. The minimum atomic E-state index is -4.26. The van der Waals surface area contributed by atoms with Crippen LogP contribution in [0.5, 0.6) is 0 Å². The molecule has 88 valence electrons. The lowest BCUT2D eigenvalue weighted by Gasteiger charge is -2.10. The zero-order chi connectivity index (χ0) is 11.6. The maximum Gasteiger partial charge on any atom is 0.416 e. The van der Waals surface area contributed by atoms with Gasteiger partial charge in [-0.3, -0.25) is 0 Å². The molecule has 1 N–H and O–H groups in total. The van der Waals surface area contributed by atoms with E-state index in [1.54, 1.807) is 6.07 Å². The predicted octanol–water partition coefficient (Wildman–Crippen LogP) is 3.92. The molecule has 0 atom stereocenters. The Hall–Kier alpha value is -1.19. The van der Waals surface area contributed by atoms with Gasteiger partial charge in [0.25, 0.3) is 0 Å². The summed E-state index contributed by atoms with van der Waals surface area (Å²) in [6, 6.07) is 5.35. The van der Waals surface area contributed by atoms with Gasteiger partial charge >= 0.3 is 6.18 Å². The molecule has 0 unspecified atom stereocenters. The van der Waals surface area contributed by atoms with E-state index in [2.05, 4.69) is 5.32 Å². The lowest BCUT2D eigenvalue weighted by molar-refractivity contribution is -0.137. The SMILES string of the molecule is FC(F)(F)c1cccc(NCCC2CC2)c1. The molecular formula is C12H14F3N. The first-order valence-electron chi connectivity index (χ1n) is 5.47. The Morgan fingerprint density at radius 2 is 2.00 bits per heavy atom. The number of hydrogen-bond acceptors (Lipinski definition) is 1. The Balaban J connectivity index is 1.92. The molecule has 1 saturated carbocycles. The van der Waals surface area contributed by atoms with Crippen LogP contribution in [0.25, 0.3) is 0 Å². The van der Waals surface area contributed by atoms with Crippen LogP contribution in [0, 0.1) is 5.92 Å². The molecule has 1 aromatic carbocycles. The summed E-state index contributed by atoms with van der Waals surface area (Å²) < 4.78 is 37.2. The van der Waals surface area contributed by atoms with Gasteiger partial charge in [0, 0.05) is 12.2 Å². The number of alkyl halides is 3. The summed E-state index contributed by atoms with van der Waals surface area (Å²) in [5, 5.41) is 3.03. The first-order chi connectivity index (χ1) is 7.55. The summed E-state index contributed by atoms with van der Waals surface area (Å²) >= 11 is 0. The smallest absolute Gasteiger partial charge is 0.385 e. The standard InChI is InChI=1S/C12H14F3N/c13-12(14,15)10-2-1-3-11(8-10)16-7-6-9-4-5-9/h1-3,8-9,16H,4-7H2. The molecule has 0 aliphatic heterocycles. The van der Waals surface area contributed by atoms with E-state index in [1.807, 2.05) is 0 Å². The van der Waals surface area contributed by atoms with Crippen molar-refractivity contribution in [1.29, 1.82) is 0 Å². The van der Waals surface area contributed by atoms with Gasteiger partial charge in [-0.05, 0) is 30.5 Å². The molecule has 16 heavy (non-hydrogen) atoms. The third-order valence-corrected chi connectivity index (χ3v) is 2.77. The quantitative estimate of drug-likeness (QED) is 0.825. The van der Waals surface area contributed by atoms with Gasteiger partial charge in [0.05, 0.1) is 5.56 Å². The average molecular weight is 229 g/mol. The second-order valence-electron chi connectivity index (χ2n) is 4.24. The van der Waals surface area contributed by atoms with Crippen molar-refractivity contribution in [2.45, 2.75) is 25.4 Å². The molecule has 0 radical (unpaired) electrons. The molecule has 0 saturated heterocycles. The molecule has 0 aromatic heterocycles. The Kier molecular flexibility index (Phi) is 3.08. The van der Waals surface area contributed by atoms with E-state index in [0.29, 0.717) is 5.69 Å². The van der Waals surface area contributed by atoms with Gasteiger partial charge in [0.1, 0.15) is 0 Å². The zero-order valence-electron chi connectivity index (χ0n) is 8.85. The monoisotopic (exact) mass is 229 g/mol. The number of anilines is 1. The van der Waals surface area contributed by atoms with E-state index in [0.717, 1.165) is 31.0 Å². The normalized spacial score (nSPS) is 16.2. The highest BCUT2D eigenvalue weighted by molar-refractivity contribution is 5.46. The van der Waals surface area contributed by atoms with E-state index in [1.165, 1.54) is 18.9 Å². The molecule has 0 amide bonds. The van der Waals surface area contributed by atoms with E-state index < -0.39 is 11.7 Å². The maximum absolute atomic E-state index is 12.4. The van der Waals surface area contributed by atoms with Crippen LogP contribution in [0.4, 0.5) is 18.9 Å². The van der Waals surface area contributed by atoms with Crippen molar-refractivity contribution >= 4 is 5.69 Å². The highest BCUT2D eigenvalue weighted by Gasteiger charge is 2.30. The molecule has 4 heteroatoms. The van der Waals surface area contributed by atoms with Gasteiger partial charge in [-0.1, -0.05) is 18.9 Å². The fourth-order valence-corrected chi connectivity index (χ4v) is 1.63. The predicted molar refractivity (Wildman–Crippen MR) is 57.3 cm³/mol. The topological polar surface area (TPSA) is 12.0 Å². The molecule has 0 bridgehead atoms. The summed E-state index contributed by atoms with van der Waals surface area (Å²) in [6.07, 6.45) is -0.668. The molecule has 1 aliphatic rings. The van der Waals surface area contributed by atoms with E-state index >= 15 is 0 Å². The minimum absolute atomic E-state index is 0.551. The van der Waals surface area contributed by atoms with Crippen LogP contribution in [-0.4, -0.2) is 6.54 Å². The maximum atomic E-state index is 12.4. The minimum Gasteiger partial charge on any atom is -0.385 e. The van der Waals surface area contributed by atoms with Crippen molar-refractivity contribution in [3.63, 3.8) is 0 Å². The van der Waals surface area contributed by atoms with Gasteiger partial charge in [0.15, 0.2) is 0 Å². The van der Waals surface area contributed by atoms with Crippen molar-refractivity contribution in [2.24, 2.45) is 5.92 Å². The van der Waals surface area contributed by atoms with Gasteiger partial charge in [-0.15, -0.1) is 0 Å². The van der Waals surface area contributed by atoms with Crippen molar-refractivity contribution < 1.29 is 13.2 Å². The van der Waals surface area contributed by atoms with E-state index in [4.69, 9.17) is 0 Å². The van der Waals surface area contributed by atoms with Crippen LogP contribution in [0.15, 0.2) is 24.3 Å². The van der Waals surface area contributed by atoms with Crippen LogP contribution in [0.3, 0.4) is 0 Å². The summed E-state index contributed by atoms with van der Waals surface area (Å²) in [7, 11) is 0. The molecule has 0 heterocycles. The Labute approximate surface area is 92.7 Å². The molecular weight excluding hydrogens is 215 g/mol. The van der Waals surface area contributed by atoms with Crippen molar-refractivity contribution in [3.05, 3.63) is 29.8 Å². The van der Waals surface area contributed by atoms with Crippen molar-refractivity contribution in [1.82, 2.24) is 0 Å². The zero-order valence-corrected chi connectivity index (χ0v) is 8.85. The fraction of sp³-hybridized carbons (Fsp3) is 0.500. The van der Waals surface area contributed by atoms with Gasteiger partial charge in [0.2, 0.25) is 0 Å². The number of hydrogen-bond donors (Lipinski definition) is 1. The Morgan fingerprint density at radius 1 is 1.25 bits per heavy atom. The van der Waals surface area contributed by atoms with Crippen molar-refractivity contribution in [3.8, 4) is 0 Å². The summed E-state index contributed by atoms with van der Waals surface area (Å²) in [4.78, 5) is 0. The molecule has 1 fully saturated rings. The number of rotatable bonds is 4. The second kappa shape index (κ2) is 4.36. The van der Waals surface area contributed by atoms with Crippen LogP contribution in [0.1, 0.15) is 24.8 Å². The highest BCUT2D eigenvalue weighted by atomic mass is 19.4. The molecule has 1 nitrogen and oxygen atoms in total. The number of halogens is 3. The first kappa shape index (κ1) is 11.3. The van der Waals surface area contributed by atoms with Crippen LogP contribution < -0.4 is 5.32 Å². The summed E-state index contributed by atoms with van der Waals surface area (Å²) in [5.74, 6) is 0.790. The lowest BCUT2D eigenvalue weighted by atomic mass is 10.2. The summed E-state index contributed by atoms with van der Waals surface area (Å²) in [5.41, 5.74) is -0.0422. The van der Waals surface area contributed by atoms with Crippen molar-refractivity contribution in [2.75, 3.05) is 11.9 Å². The Bertz CT molecular complexity index is 356. The molecule has 1 aliphatic carbocycles. The van der Waals surface area contributed by atoms with Gasteiger partial charge < -0.3 is 5.32 Å². The fourth-order valence-electron chi connectivity index (χ4n) is 1.63. The highest BCUT2D eigenvalue weighted by Crippen LogP contribution is 2.33. The van der Waals surface area contributed by atoms with Gasteiger partial charge in [-0.2, -0.15) is 13.2 Å². The molecule has 0 spiro atoms. The number of benzene rings is 1.